The van der Waals surface area contributed by atoms with Crippen molar-refractivity contribution in [3.05, 3.63) is 29.8 Å². The summed E-state index contributed by atoms with van der Waals surface area (Å²) in [6.45, 7) is 3.20. The van der Waals surface area contributed by atoms with Gasteiger partial charge in [0.05, 0.1) is 6.61 Å². The Morgan fingerprint density at radius 1 is 1.25 bits per heavy atom. The van der Waals surface area contributed by atoms with Crippen molar-refractivity contribution in [3.8, 4) is 5.75 Å². The number of primary amides is 1. The van der Waals surface area contributed by atoms with Crippen LogP contribution in [0.2, 0.25) is 0 Å². The standard InChI is InChI=1S/C18H27N3O3/c1-2-13-24-15-8-4-3-7-14(15)9-12-20-17(23)21-18(16(19)22)10-5-6-11-18/h3-4,7-8H,2,5-6,9-13H2,1H3,(H2,19,22)(H2,20,21,23). The van der Waals surface area contributed by atoms with Crippen molar-refractivity contribution < 1.29 is 14.3 Å². The van der Waals surface area contributed by atoms with Gasteiger partial charge in [-0.25, -0.2) is 4.79 Å². The molecule has 0 unspecified atom stereocenters. The number of nitrogens with one attached hydrogen (secondary N) is 2. The van der Waals surface area contributed by atoms with E-state index in [9.17, 15) is 9.59 Å². The third-order valence-corrected chi connectivity index (χ3v) is 4.40. The number of para-hydroxylation sites is 1. The molecule has 1 fully saturated rings. The Bertz CT molecular complexity index is 568. The highest BCUT2D eigenvalue weighted by molar-refractivity contribution is 5.90. The number of carbonyl (C=O) groups is 2. The van der Waals surface area contributed by atoms with E-state index < -0.39 is 11.4 Å². The molecule has 6 heteroatoms. The average molecular weight is 333 g/mol. The first-order chi connectivity index (χ1) is 11.6. The summed E-state index contributed by atoms with van der Waals surface area (Å²) in [6, 6.07) is 7.47. The number of ether oxygens (including phenoxy) is 1. The molecule has 6 nitrogen and oxygen atoms in total. The smallest absolute Gasteiger partial charge is 0.315 e. The Balaban J connectivity index is 1.83. The summed E-state index contributed by atoms with van der Waals surface area (Å²) < 4.78 is 5.71. The molecule has 2 rings (SSSR count). The van der Waals surface area contributed by atoms with Gasteiger partial charge in [0.1, 0.15) is 11.3 Å². The van der Waals surface area contributed by atoms with Crippen molar-refractivity contribution in [3.63, 3.8) is 0 Å². The number of hydrogen-bond acceptors (Lipinski definition) is 3. The zero-order valence-electron chi connectivity index (χ0n) is 14.3. The minimum Gasteiger partial charge on any atom is -0.493 e. The van der Waals surface area contributed by atoms with Crippen LogP contribution in [-0.2, 0) is 11.2 Å². The molecule has 1 aliphatic carbocycles. The Kier molecular flexibility index (Phi) is 6.46. The summed E-state index contributed by atoms with van der Waals surface area (Å²) in [7, 11) is 0. The highest BCUT2D eigenvalue weighted by Crippen LogP contribution is 2.29. The fourth-order valence-corrected chi connectivity index (χ4v) is 3.05. The van der Waals surface area contributed by atoms with E-state index in [2.05, 4.69) is 17.6 Å². The molecule has 1 aromatic carbocycles. The lowest BCUT2D eigenvalue weighted by Crippen LogP contribution is -2.58. The van der Waals surface area contributed by atoms with Crippen LogP contribution in [0.5, 0.6) is 5.75 Å². The van der Waals surface area contributed by atoms with E-state index in [1.807, 2.05) is 24.3 Å². The van der Waals surface area contributed by atoms with Gasteiger partial charge in [-0.2, -0.15) is 0 Å². The summed E-state index contributed by atoms with van der Waals surface area (Å²) in [4.78, 5) is 23.8. The van der Waals surface area contributed by atoms with Gasteiger partial charge in [-0.15, -0.1) is 0 Å². The predicted molar refractivity (Wildman–Crippen MR) is 92.9 cm³/mol. The van der Waals surface area contributed by atoms with Crippen molar-refractivity contribution in [1.29, 1.82) is 0 Å². The maximum absolute atomic E-state index is 12.1. The Morgan fingerprint density at radius 3 is 2.62 bits per heavy atom. The van der Waals surface area contributed by atoms with Gasteiger partial charge in [0, 0.05) is 6.54 Å². The van der Waals surface area contributed by atoms with Crippen LogP contribution < -0.4 is 21.1 Å². The van der Waals surface area contributed by atoms with Crippen LogP contribution in [0.4, 0.5) is 4.79 Å². The molecule has 0 atom stereocenters. The molecular formula is C18H27N3O3. The third-order valence-electron chi connectivity index (χ3n) is 4.40. The lowest BCUT2D eigenvalue weighted by atomic mass is 9.97. The van der Waals surface area contributed by atoms with Crippen molar-refractivity contribution in [2.45, 2.75) is 51.0 Å². The van der Waals surface area contributed by atoms with Gasteiger partial charge in [-0.3, -0.25) is 4.79 Å². The number of hydrogen-bond donors (Lipinski definition) is 3. The van der Waals surface area contributed by atoms with E-state index in [1.165, 1.54) is 0 Å². The van der Waals surface area contributed by atoms with Gasteiger partial charge in [0.25, 0.3) is 0 Å². The number of carbonyl (C=O) groups excluding carboxylic acids is 2. The lowest BCUT2D eigenvalue weighted by molar-refractivity contribution is -0.123. The SMILES string of the molecule is CCCOc1ccccc1CCNC(=O)NC1(C(N)=O)CCCC1. The highest BCUT2D eigenvalue weighted by Gasteiger charge is 2.40. The van der Waals surface area contributed by atoms with Crippen LogP contribution in [0.15, 0.2) is 24.3 Å². The molecule has 0 aliphatic heterocycles. The molecule has 1 saturated carbocycles. The topological polar surface area (TPSA) is 93.4 Å². The second kappa shape index (κ2) is 8.57. The van der Waals surface area contributed by atoms with E-state index in [0.29, 0.717) is 32.4 Å². The number of urea groups is 1. The maximum atomic E-state index is 12.1. The quantitative estimate of drug-likeness (QED) is 0.680. The number of amides is 3. The number of benzene rings is 1. The summed E-state index contributed by atoms with van der Waals surface area (Å²) in [5, 5.41) is 5.58. The summed E-state index contributed by atoms with van der Waals surface area (Å²) in [5.74, 6) is 0.402. The fraction of sp³-hybridized carbons (Fsp3) is 0.556. The number of rotatable bonds is 8. The molecule has 3 amide bonds. The van der Waals surface area contributed by atoms with Crippen molar-refractivity contribution in [2.75, 3.05) is 13.2 Å². The molecule has 1 aromatic rings. The summed E-state index contributed by atoms with van der Waals surface area (Å²) in [5.41, 5.74) is 5.64. The first kappa shape index (κ1) is 18.1. The maximum Gasteiger partial charge on any atom is 0.315 e. The van der Waals surface area contributed by atoms with Gasteiger partial charge in [-0.05, 0) is 37.3 Å². The lowest BCUT2D eigenvalue weighted by Gasteiger charge is -2.26. The molecule has 0 saturated heterocycles. The van der Waals surface area contributed by atoms with E-state index in [-0.39, 0.29) is 6.03 Å². The molecule has 4 N–H and O–H groups in total. The predicted octanol–water partition coefficient (Wildman–Crippen LogP) is 2.12. The first-order valence-electron chi connectivity index (χ1n) is 8.64. The van der Waals surface area contributed by atoms with Crippen LogP contribution >= 0.6 is 0 Å². The zero-order valence-corrected chi connectivity index (χ0v) is 14.3. The monoisotopic (exact) mass is 333 g/mol. The van der Waals surface area contributed by atoms with Gasteiger partial charge in [0.15, 0.2) is 0 Å². The van der Waals surface area contributed by atoms with E-state index in [4.69, 9.17) is 10.5 Å². The average Bonchev–Trinajstić information content (AvgIpc) is 3.04. The van der Waals surface area contributed by atoms with Crippen molar-refractivity contribution in [1.82, 2.24) is 10.6 Å². The second-order valence-electron chi connectivity index (χ2n) is 6.24. The molecule has 0 spiro atoms. The molecular weight excluding hydrogens is 306 g/mol. The number of nitrogens with two attached hydrogens (primary N) is 1. The minimum absolute atomic E-state index is 0.345. The van der Waals surface area contributed by atoms with Crippen LogP contribution in [-0.4, -0.2) is 30.6 Å². The first-order valence-corrected chi connectivity index (χ1v) is 8.64. The molecule has 0 radical (unpaired) electrons. The van der Waals surface area contributed by atoms with Gasteiger partial charge in [-0.1, -0.05) is 38.0 Å². The Hall–Kier alpha value is -2.24. The van der Waals surface area contributed by atoms with Gasteiger partial charge in [0.2, 0.25) is 5.91 Å². The molecule has 132 valence electrons. The minimum atomic E-state index is -0.883. The van der Waals surface area contributed by atoms with Gasteiger partial charge >= 0.3 is 6.03 Å². The van der Waals surface area contributed by atoms with Gasteiger partial charge < -0.3 is 21.1 Å². The van der Waals surface area contributed by atoms with Crippen LogP contribution in [0.25, 0.3) is 0 Å². The summed E-state index contributed by atoms with van der Waals surface area (Å²) >= 11 is 0. The second-order valence-corrected chi connectivity index (χ2v) is 6.24. The molecule has 0 heterocycles. The van der Waals surface area contributed by atoms with E-state index in [1.54, 1.807) is 0 Å². The Morgan fingerprint density at radius 2 is 1.96 bits per heavy atom. The molecule has 24 heavy (non-hydrogen) atoms. The summed E-state index contributed by atoms with van der Waals surface area (Å²) in [6.07, 6.45) is 4.66. The van der Waals surface area contributed by atoms with Crippen LogP contribution in [0.3, 0.4) is 0 Å². The third kappa shape index (κ3) is 4.63. The fourth-order valence-electron chi connectivity index (χ4n) is 3.05. The Labute approximate surface area is 143 Å². The molecule has 0 aromatic heterocycles. The normalized spacial score (nSPS) is 15.7. The highest BCUT2D eigenvalue weighted by atomic mass is 16.5. The van der Waals surface area contributed by atoms with Crippen LogP contribution in [0, 0.1) is 0 Å². The largest absolute Gasteiger partial charge is 0.493 e. The van der Waals surface area contributed by atoms with E-state index >= 15 is 0 Å². The molecule has 0 bridgehead atoms. The van der Waals surface area contributed by atoms with Crippen molar-refractivity contribution >= 4 is 11.9 Å². The zero-order chi connectivity index (χ0) is 17.4. The van der Waals surface area contributed by atoms with Crippen LogP contribution in [0.1, 0.15) is 44.6 Å². The van der Waals surface area contributed by atoms with E-state index in [0.717, 1.165) is 30.6 Å². The molecule has 1 aliphatic rings. The van der Waals surface area contributed by atoms with Crippen molar-refractivity contribution in [2.24, 2.45) is 5.73 Å².